The molecular weight excluding hydrogens is 228 g/mol. The maximum absolute atomic E-state index is 2.22. The second-order valence-corrected chi connectivity index (χ2v) is 4.93. The van der Waals surface area contributed by atoms with Gasteiger partial charge < -0.3 is 0 Å². The number of hydrogen-bond donors (Lipinski definition) is 0. The second kappa shape index (κ2) is 7.78. The molecule has 0 nitrogen and oxygen atoms in total. The molecule has 0 heteroatoms. The fraction of sp³-hybridized carbons (Fsp3) is 0.368. The normalized spacial score (nSPS) is 10.8. The molecule has 0 spiro atoms. The summed E-state index contributed by atoms with van der Waals surface area (Å²) < 4.78 is 0. The van der Waals surface area contributed by atoms with Gasteiger partial charge in [-0.25, -0.2) is 0 Å². The van der Waals surface area contributed by atoms with E-state index >= 15 is 0 Å². The Labute approximate surface area is 118 Å². The van der Waals surface area contributed by atoms with Gasteiger partial charge in [-0.1, -0.05) is 89.6 Å². The van der Waals surface area contributed by atoms with Crippen LogP contribution in [0.1, 0.15) is 52.2 Å². The molecule has 0 heterocycles. The Morgan fingerprint density at radius 1 is 0.842 bits per heavy atom. The van der Waals surface area contributed by atoms with E-state index < -0.39 is 0 Å². The van der Waals surface area contributed by atoms with Gasteiger partial charge in [-0.2, -0.15) is 0 Å². The fourth-order valence-electron chi connectivity index (χ4n) is 1.86. The van der Waals surface area contributed by atoms with E-state index in [1.165, 1.54) is 28.3 Å². The molecule has 3 rings (SSSR count). The van der Waals surface area contributed by atoms with Crippen molar-refractivity contribution in [2.24, 2.45) is 5.92 Å². The van der Waals surface area contributed by atoms with Crippen LogP contribution >= 0.6 is 0 Å². The molecule has 1 aliphatic rings. The van der Waals surface area contributed by atoms with E-state index in [1.807, 2.05) is 13.8 Å². The Bertz CT molecular complexity index is 492. The first-order chi connectivity index (χ1) is 9.22. The van der Waals surface area contributed by atoms with Crippen molar-refractivity contribution in [3.63, 3.8) is 0 Å². The molecule has 0 aliphatic heterocycles. The highest BCUT2D eigenvalue weighted by Crippen LogP contribution is 2.30. The Balaban J connectivity index is 0.000000223. The summed E-state index contributed by atoms with van der Waals surface area (Å²) >= 11 is 0. The predicted octanol–water partition coefficient (Wildman–Crippen LogP) is 6.40. The lowest BCUT2D eigenvalue weighted by atomic mass is 10.0. The van der Waals surface area contributed by atoms with Crippen LogP contribution in [0.4, 0.5) is 0 Å². The zero-order chi connectivity index (χ0) is 14.3. The molecule has 0 unspecified atom stereocenters. The molecule has 0 N–H and O–H groups in total. The summed E-state index contributed by atoms with van der Waals surface area (Å²) in [5.41, 5.74) is 2.70. The van der Waals surface area contributed by atoms with Gasteiger partial charge in [-0.15, -0.1) is 0 Å². The Morgan fingerprint density at radius 2 is 1.26 bits per heavy atom. The smallest absolute Gasteiger partial charge is 0.00389 e. The summed E-state index contributed by atoms with van der Waals surface area (Å²) in [6.07, 6.45) is 5.66. The molecule has 0 fully saturated rings. The molecular formula is C19H26. The van der Waals surface area contributed by atoms with Gasteiger partial charge in [0.1, 0.15) is 0 Å². The van der Waals surface area contributed by atoms with Crippen LogP contribution in [0.3, 0.4) is 0 Å². The van der Waals surface area contributed by atoms with Gasteiger partial charge in [-0.05, 0) is 27.8 Å². The van der Waals surface area contributed by atoms with Gasteiger partial charge in [-0.3, -0.25) is 0 Å². The van der Waals surface area contributed by atoms with E-state index in [0.29, 0.717) is 0 Å². The quantitative estimate of drug-likeness (QED) is 0.471. The van der Waals surface area contributed by atoms with Crippen molar-refractivity contribution in [2.75, 3.05) is 0 Å². The second-order valence-electron chi connectivity index (χ2n) is 4.93. The Morgan fingerprint density at radius 3 is 1.63 bits per heavy atom. The zero-order valence-electron chi connectivity index (χ0n) is 12.9. The third-order valence-corrected chi connectivity index (χ3v) is 3.23. The topological polar surface area (TPSA) is 0 Å². The average Bonchev–Trinajstić information content (AvgIpc) is 2.88. The maximum atomic E-state index is 2.22. The fourth-order valence-corrected chi connectivity index (χ4v) is 1.86. The third kappa shape index (κ3) is 3.96. The molecule has 0 saturated carbocycles. The first-order valence-electron chi connectivity index (χ1n) is 7.42. The van der Waals surface area contributed by atoms with Gasteiger partial charge in [0.15, 0.2) is 0 Å². The van der Waals surface area contributed by atoms with Crippen molar-refractivity contribution < 1.29 is 0 Å². The van der Waals surface area contributed by atoms with Crippen molar-refractivity contribution >= 4 is 22.9 Å². The van der Waals surface area contributed by atoms with Crippen LogP contribution in [0.15, 0.2) is 36.4 Å². The van der Waals surface area contributed by atoms with Gasteiger partial charge >= 0.3 is 0 Å². The molecule has 2 aromatic carbocycles. The first-order valence-corrected chi connectivity index (χ1v) is 7.42. The molecule has 0 atom stereocenters. The van der Waals surface area contributed by atoms with Crippen LogP contribution in [0.2, 0.25) is 0 Å². The molecule has 102 valence electrons. The van der Waals surface area contributed by atoms with Crippen molar-refractivity contribution in [3.8, 4) is 0 Å². The number of hydrogen-bond acceptors (Lipinski definition) is 0. The van der Waals surface area contributed by atoms with E-state index in [4.69, 9.17) is 0 Å². The molecule has 19 heavy (non-hydrogen) atoms. The van der Waals surface area contributed by atoms with E-state index in [-0.39, 0.29) is 0 Å². The van der Waals surface area contributed by atoms with Crippen LogP contribution < -0.4 is 0 Å². The molecule has 0 amide bonds. The Hall–Kier alpha value is -1.56. The minimum Gasteiger partial charge on any atom is -0.0683 e. The van der Waals surface area contributed by atoms with Gasteiger partial charge in [0.05, 0.1) is 0 Å². The highest BCUT2D eigenvalue weighted by molar-refractivity contribution is 6.04. The lowest BCUT2D eigenvalue weighted by Gasteiger charge is -1.99. The van der Waals surface area contributed by atoms with E-state index in [2.05, 4.69) is 69.3 Å². The van der Waals surface area contributed by atoms with Crippen LogP contribution in [0, 0.1) is 5.92 Å². The lowest BCUT2D eigenvalue weighted by Crippen LogP contribution is -1.77. The maximum Gasteiger partial charge on any atom is -0.00389 e. The minimum atomic E-state index is 0.884. The first kappa shape index (κ1) is 15.5. The SMILES string of the molecule is C1=Cc2cccc3cccc1c23.CC.CCC(C)C. The third-order valence-electron chi connectivity index (χ3n) is 3.23. The molecule has 0 saturated heterocycles. The van der Waals surface area contributed by atoms with Gasteiger partial charge in [0.2, 0.25) is 0 Å². The summed E-state index contributed by atoms with van der Waals surface area (Å²) in [5, 5.41) is 2.75. The molecule has 0 bridgehead atoms. The lowest BCUT2D eigenvalue weighted by molar-refractivity contribution is 0.626. The van der Waals surface area contributed by atoms with Crippen LogP contribution in [-0.4, -0.2) is 0 Å². The standard InChI is InChI=1S/C12H8.C5H12.C2H6/c1-3-9-4-2-6-11-8-7-10(5-1)12(9)11;1-4-5(2)3;1-2/h1-8H;5H,4H2,1-3H3;1-2H3. The van der Waals surface area contributed by atoms with E-state index in [1.54, 1.807) is 0 Å². The summed E-state index contributed by atoms with van der Waals surface area (Å²) in [6, 6.07) is 12.9. The monoisotopic (exact) mass is 254 g/mol. The average molecular weight is 254 g/mol. The van der Waals surface area contributed by atoms with Crippen LogP contribution in [-0.2, 0) is 0 Å². The minimum absolute atomic E-state index is 0.884. The van der Waals surface area contributed by atoms with Gasteiger partial charge in [0.25, 0.3) is 0 Å². The molecule has 0 radical (unpaired) electrons. The summed E-state index contributed by atoms with van der Waals surface area (Å²) in [7, 11) is 0. The summed E-state index contributed by atoms with van der Waals surface area (Å²) in [4.78, 5) is 0. The van der Waals surface area contributed by atoms with Crippen molar-refractivity contribution in [1.29, 1.82) is 0 Å². The molecule has 0 aromatic heterocycles. The summed E-state index contributed by atoms with van der Waals surface area (Å²) in [5.74, 6) is 0.884. The van der Waals surface area contributed by atoms with E-state index in [9.17, 15) is 0 Å². The van der Waals surface area contributed by atoms with Crippen LogP contribution in [0.5, 0.6) is 0 Å². The summed E-state index contributed by atoms with van der Waals surface area (Å²) in [6.45, 7) is 10.6. The van der Waals surface area contributed by atoms with Crippen LogP contribution in [0.25, 0.3) is 22.9 Å². The highest BCUT2D eigenvalue weighted by Gasteiger charge is 2.06. The van der Waals surface area contributed by atoms with Gasteiger partial charge in [0, 0.05) is 0 Å². The predicted molar refractivity (Wildman–Crippen MR) is 89.4 cm³/mol. The van der Waals surface area contributed by atoms with Crippen molar-refractivity contribution in [3.05, 3.63) is 47.5 Å². The number of rotatable bonds is 1. The largest absolute Gasteiger partial charge is 0.0683 e. The van der Waals surface area contributed by atoms with Crippen molar-refractivity contribution in [2.45, 2.75) is 41.0 Å². The zero-order valence-corrected chi connectivity index (χ0v) is 12.9. The Kier molecular flexibility index (Phi) is 6.35. The molecule has 2 aromatic rings. The molecule has 1 aliphatic carbocycles. The van der Waals surface area contributed by atoms with Crippen molar-refractivity contribution in [1.82, 2.24) is 0 Å². The number of benzene rings is 2. The highest BCUT2D eigenvalue weighted by atomic mass is 14.1. The van der Waals surface area contributed by atoms with E-state index in [0.717, 1.165) is 5.92 Å².